The maximum Gasteiger partial charge on any atom is 0.340 e. The normalized spacial score (nSPS) is 17.9. The molecule has 23 heavy (non-hydrogen) atoms. The molecule has 0 aromatic rings. The van der Waals surface area contributed by atoms with Crippen LogP contribution < -0.4 is 0 Å². The molecule has 0 radical (unpaired) electrons. The molecule has 5 N–H and O–H groups in total. The van der Waals surface area contributed by atoms with Crippen LogP contribution in [0.5, 0.6) is 0 Å². The molecule has 0 aliphatic heterocycles. The molecular formula is C15H26O8. The van der Waals surface area contributed by atoms with Crippen molar-refractivity contribution >= 4 is 17.9 Å². The van der Waals surface area contributed by atoms with Crippen molar-refractivity contribution in [3.05, 3.63) is 0 Å². The van der Waals surface area contributed by atoms with Crippen LogP contribution in [-0.2, 0) is 14.4 Å². The van der Waals surface area contributed by atoms with Gasteiger partial charge in [0.2, 0.25) is 11.2 Å². The highest BCUT2D eigenvalue weighted by atomic mass is 16.5. The van der Waals surface area contributed by atoms with Gasteiger partial charge in [0.05, 0.1) is 0 Å². The Balaban J connectivity index is 7.17. The minimum atomic E-state index is -3.45. The summed E-state index contributed by atoms with van der Waals surface area (Å²) in [7, 11) is 0. The molecule has 0 aromatic carbocycles. The van der Waals surface area contributed by atoms with Crippen molar-refractivity contribution in [2.24, 2.45) is 23.2 Å². The van der Waals surface area contributed by atoms with Gasteiger partial charge in [-0.3, -0.25) is 4.79 Å². The highest BCUT2D eigenvalue weighted by molar-refractivity contribution is 5.97. The molecule has 0 spiro atoms. The molecule has 8 nitrogen and oxygen atoms in total. The summed E-state index contributed by atoms with van der Waals surface area (Å²) < 4.78 is 0. The highest BCUT2D eigenvalue weighted by Crippen LogP contribution is 2.52. The standard InChI is InChI=1S/C15H26O8/c1-7(2)13(8(3)4,10(16)17)15(23,12(20)21)14(22,9(5)6)11(18)19/h7-9,22-23H,1-6H3,(H,16,17)(H,18,19)(H,20,21)/t14-,15+/m1/s1. The van der Waals surface area contributed by atoms with E-state index in [1.165, 1.54) is 41.5 Å². The zero-order valence-corrected chi connectivity index (χ0v) is 14.2. The summed E-state index contributed by atoms with van der Waals surface area (Å²) in [6, 6.07) is 0. The molecule has 0 fully saturated rings. The van der Waals surface area contributed by atoms with Gasteiger partial charge in [-0.15, -0.1) is 0 Å². The lowest BCUT2D eigenvalue weighted by Crippen LogP contribution is -2.77. The van der Waals surface area contributed by atoms with Gasteiger partial charge < -0.3 is 25.5 Å². The summed E-state index contributed by atoms with van der Waals surface area (Å²) in [4.78, 5) is 35.6. The summed E-state index contributed by atoms with van der Waals surface area (Å²) in [6.45, 7) is 7.87. The van der Waals surface area contributed by atoms with Crippen molar-refractivity contribution in [1.29, 1.82) is 0 Å². The van der Waals surface area contributed by atoms with Crippen LogP contribution in [0.3, 0.4) is 0 Å². The Morgan fingerprint density at radius 3 is 1.13 bits per heavy atom. The molecule has 0 rings (SSSR count). The summed E-state index contributed by atoms with van der Waals surface area (Å²) in [5.41, 5.74) is -9.09. The van der Waals surface area contributed by atoms with Gasteiger partial charge in [0, 0.05) is 0 Å². The molecule has 0 unspecified atom stereocenters. The zero-order valence-electron chi connectivity index (χ0n) is 14.2. The molecule has 0 amide bonds. The van der Waals surface area contributed by atoms with Crippen molar-refractivity contribution in [2.45, 2.75) is 52.7 Å². The lowest BCUT2D eigenvalue weighted by Gasteiger charge is -2.53. The second-order valence-corrected chi connectivity index (χ2v) is 6.73. The fraction of sp³-hybridized carbons (Fsp3) is 0.800. The van der Waals surface area contributed by atoms with Gasteiger partial charge in [-0.05, 0) is 17.8 Å². The average molecular weight is 334 g/mol. The Morgan fingerprint density at radius 1 is 0.652 bits per heavy atom. The van der Waals surface area contributed by atoms with E-state index in [4.69, 9.17) is 0 Å². The van der Waals surface area contributed by atoms with Gasteiger partial charge in [-0.1, -0.05) is 41.5 Å². The number of carboxylic acids is 3. The third-order valence-electron chi connectivity index (χ3n) is 4.80. The van der Waals surface area contributed by atoms with Crippen LogP contribution in [0.2, 0.25) is 0 Å². The summed E-state index contributed by atoms with van der Waals surface area (Å²) >= 11 is 0. The first-order valence-corrected chi connectivity index (χ1v) is 7.31. The van der Waals surface area contributed by atoms with Gasteiger partial charge >= 0.3 is 17.9 Å². The third-order valence-corrected chi connectivity index (χ3v) is 4.80. The first-order valence-electron chi connectivity index (χ1n) is 7.31. The van der Waals surface area contributed by atoms with Crippen molar-refractivity contribution in [2.75, 3.05) is 0 Å². The number of aliphatic carboxylic acids is 3. The van der Waals surface area contributed by atoms with Crippen molar-refractivity contribution in [3.63, 3.8) is 0 Å². The third kappa shape index (κ3) is 2.49. The predicted molar refractivity (Wildman–Crippen MR) is 79.8 cm³/mol. The Kier molecular flexibility index (Phi) is 5.98. The SMILES string of the molecule is CC(C)C(C(=O)O)(C(C)C)[C@@](O)(C(=O)O)[C@](O)(C(=O)O)C(C)C. The highest BCUT2D eigenvalue weighted by Gasteiger charge is 2.76. The van der Waals surface area contributed by atoms with Crippen LogP contribution in [-0.4, -0.2) is 54.6 Å². The Bertz CT molecular complexity index is 488. The van der Waals surface area contributed by atoms with E-state index >= 15 is 0 Å². The Morgan fingerprint density at radius 2 is 1.00 bits per heavy atom. The van der Waals surface area contributed by atoms with E-state index in [1.807, 2.05) is 0 Å². The fourth-order valence-corrected chi connectivity index (χ4v) is 3.63. The first kappa shape index (κ1) is 21.3. The molecule has 134 valence electrons. The molecule has 0 saturated carbocycles. The summed E-state index contributed by atoms with van der Waals surface area (Å²) in [5.74, 6) is -9.01. The topological polar surface area (TPSA) is 152 Å². The molecule has 0 saturated heterocycles. The minimum absolute atomic E-state index is 0.981. The number of carbonyl (C=O) groups is 3. The number of rotatable bonds is 8. The van der Waals surface area contributed by atoms with Gasteiger partial charge in [-0.2, -0.15) is 0 Å². The zero-order chi connectivity index (χ0) is 19.0. The second kappa shape index (κ2) is 6.45. The molecule has 0 heterocycles. The molecule has 0 aromatic heterocycles. The summed E-state index contributed by atoms with van der Waals surface area (Å²) in [6.07, 6.45) is 0. The Labute approximate surface area is 134 Å². The quantitative estimate of drug-likeness (QED) is 0.434. The number of hydrogen-bond donors (Lipinski definition) is 5. The number of aliphatic hydroxyl groups is 2. The van der Waals surface area contributed by atoms with E-state index in [2.05, 4.69) is 0 Å². The number of carboxylic acid groups (broad SMARTS) is 3. The largest absolute Gasteiger partial charge is 0.481 e. The van der Waals surface area contributed by atoms with Gasteiger partial charge in [0.25, 0.3) is 0 Å². The van der Waals surface area contributed by atoms with E-state index in [9.17, 15) is 39.9 Å². The van der Waals surface area contributed by atoms with E-state index in [0.29, 0.717) is 0 Å². The molecule has 0 aliphatic carbocycles. The van der Waals surface area contributed by atoms with Gasteiger partial charge in [0.1, 0.15) is 5.41 Å². The van der Waals surface area contributed by atoms with E-state index in [0.717, 1.165) is 0 Å². The van der Waals surface area contributed by atoms with Crippen molar-refractivity contribution in [1.82, 2.24) is 0 Å². The van der Waals surface area contributed by atoms with E-state index < -0.39 is 52.3 Å². The van der Waals surface area contributed by atoms with Crippen molar-refractivity contribution in [3.8, 4) is 0 Å². The fourth-order valence-electron chi connectivity index (χ4n) is 3.63. The second-order valence-electron chi connectivity index (χ2n) is 6.73. The van der Waals surface area contributed by atoms with Crippen LogP contribution >= 0.6 is 0 Å². The first-order chi connectivity index (χ1) is 10.2. The minimum Gasteiger partial charge on any atom is -0.481 e. The molecular weight excluding hydrogens is 308 g/mol. The maximum atomic E-state index is 12.0. The van der Waals surface area contributed by atoms with Crippen LogP contribution in [0.1, 0.15) is 41.5 Å². The van der Waals surface area contributed by atoms with E-state index in [-0.39, 0.29) is 0 Å². The lowest BCUT2D eigenvalue weighted by molar-refractivity contribution is -0.260. The molecule has 0 bridgehead atoms. The number of hydrogen-bond acceptors (Lipinski definition) is 5. The van der Waals surface area contributed by atoms with Crippen LogP contribution in [0, 0.1) is 23.2 Å². The van der Waals surface area contributed by atoms with Crippen molar-refractivity contribution < 1.29 is 39.9 Å². The van der Waals surface area contributed by atoms with Gasteiger partial charge in [-0.25, -0.2) is 9.59 Å². The van der Waals surface area contributed by atoms with Crippen LogP contribution in [0.4, 0.5) is 0 Å². The monoisotopic (exact) mass is 334 g/mol. The van der Waals surface area contributed by atoms with Crippen LogP contribution in [0.15, 0.2) is 0 Å². The molecule has 2 atom stereocenters. The summed E-state index contributed by atoms with van der Waals surface area (Å²) in [5, 5.41) is 50.4. The van der Waals surface area contributed by atoms with E-state index in [1.54, 1.807) is 0 Å². The smallest absolute Gasteiger partial charge is 0.340 e. The predicted octanol–water partition coefficient (Wildman–Crippen LogP) is 0.657. The molecule has 0 aliphatic rings. The molecule has 8 heteroatoms. The van der Waals surface area contributed by atoms with Crippen LogP contribution in [0.25, 0.3) is 0 Å². The Hall–Kier alpha value is -1.67. The lowest BCUT2D eigenvalue weighted by atomic mass is 9.52. The van der Waals surface area contributed by atoms with Gasteiger partial charge in [0.15, 0.2) is 0 Å². The average Bonchev–Trinajstić information content (AvgIpc) is 2.35. The maximum absolute atomic E-state index is 12.0.